The summed E-state index contributed by atoms with van der Waals surface area (Å²) in [6.07, 6.45) is -0.231. The zero-order valence-electron chi connectivity index (χ0n) is 19.5. The van der Waals surface area contributed by atoms with Crippen molar-refractivity contribution < 1.29 is 14.3 Å². The summed E-state index contributed by atoms with van der Waals surface area (Å²) in [5.74, 6) is 1.83. The Balaban J connectivity index is 1.64. The number of carbonyl (C=O) groups excluding carboxylic acids is 1. The van der Waals surface area contributed by atoms with Gasteiger partial charge >= 0.3 is 5.97 Å². The van der Waals surface area contributed by atoms with Crippen molar-refractivity contribution in [3.63, 3.8) is 0 Å². The van der Waals surface area contributed by atoms with E-state index in [4.69, 9.17) is 9.47 Å². The standard InChI is InChI=1S/C25H27BrN4O3S/c1-5-34-25-28-24-27-16(4)21(23(31)33-15(2)3)22(30(24)29-25)18-9-11-20(12-10-18)32-14-17-7-6-8-19(26)13-17/h6-13,15,22H,5,14H2,1-4H3,(H,27,28,29). The average molecular weight is 543 g/mol. The summed E-state index contributed by atoms with van der Waals surface area (Å²) in [7, 11) is 0. The molecule has 1 atom stereocenters. The van der Waals surface area contributed by atoms with Gasteiger partial charge in [-0.1, -0.05) is 58.9 Å². The Bertz CT molecular complexity index is 1210. The monoisotopic (exact) mass is 542 g/mol. The molecule has 34 heavy (non-hydrogen) atoms. The zero-order valence-corrected chi connectivity index (χ0v) is 21.9. The van der Waals surface area contributed by atoms with Crippen molar-refractivity contribution in [2.75, 3.05) is 11.1 Å². The number of carbonyl (C=O) groups is 1. The third kappa shape index (κ3) is 5.47. The van der Waals surface area contributed by atoms with Gasteiger partial charge in [-0.2, -0.15) is 4.98 Å². The Morgan fingerprint density at radius 3 is 2.68 bits per heavy atom. The van der Waals surface area contributed by atoms with Crippen LogP contribution in [0.15, 0.2) is 69.4 Å². The molecule has 9 heteroatoms. The molecule has 4 rings (SSSR count). The van der Waals surface area contributed by atoms with E-state index in [2.05, 4.69) is 38.3 Å². The van der Waals surface area contributed by atoms with E-state index in [-0.39, 0.29) is 12.1 Å². The fourth-order valence-electron chi connectivity index (χ4n) is 3.71. The summed E-state index contributed by atoms with van der Waals surface area (Å²) in [6.45, 7) is 8.06. The highest BCUT2D eigenvalue weighted by atomic mass is 79.9. The minimum absolute atomic E-state index is 0.231. The van der Waals surface area contributed by atoms with Crippen LogP contribution in [-0.4, -0.2) is 32.6 Å². The third-order valence-corrected chi connectivity index (χ3v) is 6.37. The van der Waals surface area contributed by atoms with Crippen LogP contribution in [0, 0.1) is 0 Å². The van der Waals surface area contributed by atoms with Gasteiger partial charge in [0, 0.05) is 10.2 Å². The number of nitrogens with zero attached hydrogens (tertiary/aromatic N) is 3. The van der Waals surface area contributed by atoms with Gasteiger partial charge in [-0.15, -0.1) is 5.10 Å². The Morgan fingerprint density at radius 1 is 1.24 bits per heavy atom. The van der Waals surface area contributed by atoms with Crippen molar-refractivity contribution in [3.8, 4) is 5.75 Å². The Morgan fingerprint density at radius 2 is 2.00 bits per heavy atom. The predicted octanol–water partition coefficient (Wildman–Crippen LogP) is 5.97. The van der Waals surface area contributed by atoms with Crippen molar-refractivity contribution in [2.45, 2.75) is 51.6 Å². The lowest BCUT2D eigenvalue weighted by Crippen LogP contribution is -2.30. The smallest absolute Gasteiger partial charge is 0.338 e. The first kappa shape index (κ1) is 24.3. The molecule has 2 aromatic carbocycles. The molecule has 0 amide bonds. The van der Waals surface area contributed by atoms with Gasteiger partial charge in [-0.3, -0.25) is 0 Å². The van der Waals surface area contributed by atoms with Crippen molar-refractivity contribution >= 4 is 39.6 Å². The minimum atomic E-state index is -0.458. The van der Waals surface area contributed by atoms with Crippen LogP contribution in [-0.2, 0) is 16.1 Å². The highest BCUT2D eigenvalue weighted by Crippen LogP contribution is 2.37. The van der Waals surface area contributed by atoms with Crippen LogP contribution in [0.1, 0.15) is 44.9 Å². The van der Waals surface area contributed by atoms with Crippen molar-refractivity contribution in [1.82, 2.24) is 14.8 Å². The van der Waals surface area contributed by atoms with Gasteiger partial charge in [0.05, 0.1) is 11.7 Å². The number of allylic oxidation sites excluding steroid dienone is 1. The van der Waals surface area contributed by atoms with Gasteiger partial charge in [0.15, 0.2) is 0 Å². The van der Waals surface area contributed by atoms with Crippen LogP contribution in [0.4, 0.5) is 5.95 Å². The van der Waals surface area contributed by atoms with E-state index < -0.39 is 6.04 Å². The van der Waals surface area contributed by atoms with Crippen LogP contribution >= 0.6 is 27.7 Å². The molecule has 1 aliphatic heterocycles. The third-order valence-electron chi connectivity index (χ3n) is 5.16. The van der Waals surface area contributed by atoms with E-state index in [1.165, 1.54) is 0 Å². The van der Waals surface area contributed by atoms with Crippen molar-refractivity contribution in [2.24, 2.45) is 0 Å². The molecule has 1 N–H and O–H groups in total. The van der Waals surface area contributed by atoms with E-state index in [0.29, 0.717) is 29.0 Å². The number of nitrogens with one attached hydrogen (secondary N) is 1. The minimum Gasteiger partial charge on any atom is -0.489 e. The molecule has 0 radical (unpaired) electrons. The topological polar surface area (TPSA) is 78.3 Å². The van der Waals surface area contributed by atoms with Crippen LogP contribution in [0.2, 0.25) is 0 Å². The maximum absolute atomic E-state index is 13.1. The van der Waals surface area contributed by atoms with E-state index in [1.807, 2.05) is 69.3 Å². The summed E-state index contributed by atoms with van der Waals surface area (Å²) in [6, 6.07) is 15.3. The van der Waals surface area contributed by atoms with E-state index in [0.717, 1.165) is 27.1 Å². The van der Waals surface area contributed by atoms with E-state index in [9.17, 15) is 4.79 Å². The van der Waals surface area contributed by atoms with E-state index in [1.54, 1.807) is 16.4 Å². The molecule has 1 unspecified atom stereocenters. The van der Waals surface area contributed by atoms with Crippen LogP contribution < -0.4 is 10.1 Å². The number of ether oxygens (including phenoxy) is 2. The quantitative estimate of drug-likeness (QED) is 0.277. The Labute approximate surface area is 212 Å². The molecule has 3 aromatic rings. The molecule has 0 saturated heterocycles. The van der Waals surface area contributed by atoms with Gasteiger partial charge in [0.25, 0.3) is 0 Å². The lowest BCUT2D eigenvalue weighted by molar-refractivity contribution is -0.143. The van der Waals surface area contributed by atoms with Crippen LogP contribution in [0.25, 0.3) is 0 Å². The zero-order chi connectivity index (χ0) is 24.2. The average Bonchev–Trinajstić information content (AvgIpc) is 3.19. The maximum atomic E-state index is 13.1. The molecule has 0 spiro atoms. The molecular formula is C25H27BrN4O3S. The van der Waals surface area contributed by atoms with Crippen molar-refractivity contribution in [1.29, 1.82) is 0 Å². The number of aromatic nitrogens is 3. The molecular weight excluding hydrogens is 516 g/mol. The summed E-state index contributed by atoms with van der Waals surface area (Å²) < 4.78 is 14.3. The number of halogens is 1. The fourth-order valence-corrected chi connectivity index (χ4v) is 4.71. The predicted molar refractivity (Wildman–Crippen MR) is 137 cm³/mol. The molecule has 0 aliphatic carbocycles. The number of hydrogen-bond donors (Lipinski definition) is 1. The molecule has 0 bridgehead atoms. The number of benzene rings is 2. The maximum Gasteiger partial charge on any atom is 0.338 e. The lowest BCUT2D eigenvalue weighted by atomic mass is 9.95. The summed E-state index contributed by atoms with van der Waals surface area (Å²) in [5.41, 5.74) is 3.19. The first-order chi connectivity index (χ1) is 16.4. The molecule has 1 aliphatic rings. The molecule has 2 heterocycles. The summed E-state index contributed by atoms with van der Waals surface area (Å²) >= 11 is 5.04. The Hall–Kier alpha value is -2.78. The number of hydrogen-bond acceptors (Lipinski definition) is 7. The number of esters is 1. The van der Waals surface area contributed by atoms with Crippen LogP contribution in [0.3, 0.4) is 0 Å². The second kappa shape index (κ2) is 10.7. The number of anilines is 1. The van der Waals surface area contributed by atoms with Crippen LogP contribution in [0.5, 0.6) is 5.75 Å². The van der Waals surface area contributed by atoms with Gasteiger partial charge in [-0.05, 0) is 61.9 Å². The largest absolute Gasteiger partial charge is 0.489 e. The highest BCUT2D eigenvalue weighted by Gasteiger charge is 2.35. The number of thioether (sulfide) groups is 1. The summed E-state index contributed by atoms with van der Waals surface area (Å²) in [4.78, 5) is 17.7. The molecule has 7 nitrogen and oxygen atoms in total. The van der Waals surface area contributed by atoms with Gasteiger partial charge in [0.1, 0.15) is 18.4 Å². The molecule has 178 valence electrons. The Kier molecular flexibility index (Phi) is 7.63. The molecule has 1 aromatic heterocycles. The highest BCUT2D eigenvalue weighted by molar-refractivity contribution is 9.10. The van der Waals surface area contributed by atoms with Gasteiger partial charge in [0.2, 0.25) is 11.1 Å². The first-order valence-electron chi connectivity index (χ1n) is 11.1. The normalized spacial score (nSPS) is 15.2. The molecule has 0 fully saturated rings. The van der Waals surface area contributed by atoms with Crippen molar-refractivity contribution in [3.05, 3.63) is 75.4 Å². The number of fused-ring (bicyclic) bond motifs is 1. The summed E-state index contributed by atoms with van der Waals surface area (Å²) in [5, 5.41) is 8.57. The fraction of sp³-hybridized carbons (Fsp3) is 0.320. The number of rotatable bonds is 8. The second-order valence-electron chi connectivity index (χ2n) is 8.10. The van der Waals surface area contributed by atoms with Gasteiger partial charge in [-0.25, -0.2) is 9.48 Å². The molecule has 0 saturated carbocycles. The van der Waals surface area contributed by atoms with E-state index >= 15 is 0 Å². The lowest BCUT2D eigenvalue weighted by Gasteiger charge is -2.28. The van der Waals surface area contributed by atoms with Gasteiger partial charge < -0.3 is 14.8 Å². The SMILES string of the molecule is CCSc1nc2n(n1)C(c1ccc(OCc3cccc(Br)c3)cc1)C(C(=O)OC(C)C)=C(C)N2. The second-order valence-corrected chi connectivity index (χ2v) is 10.3. The first-order valence-corrected chi connectivity index (χ1v) is 12.9.